The van der Waals surface area contributed by atoms with Crippen molar-refractivity contribution in [3.05, 3.63) is 24.3 Å². The van der Waals surface area contributed by atoms with Crippen molar-refractivity contribution in [1.82, 2.24) is 0 Å². The van der Waals surface area contributed by atoms with E-state index in [1.165, 1.54) is 29.8 Å². The van der Waals surface area contributed by atoms with Crippen LogP contribution in [0.3, 0.4) is 0 Å². The Bertz CT molecular complexity index is 491. The lowest BCUT2D eigenvalue weighted by molar-refractivity contribution is 0.155. The van der Waals surface area contributed by atoms with Crippen LogP contribution in [-0.4, -0.2) is 11.8 Å². The van der Waals surface area contributed by atoms with Crippen molar-refractivity contribution in [1.29, 1.82) is 0 Å². The van der Waals surface area contributed by atoms with Crippen LogP contribution in [0.25, 0.3) is 0 Å². The third kappa shape index (κ3) is 2.16. The van der Waals surface area contributed by atoms with Crippen LogP contribution in [0.15, 0.2) is 29.2 Å². The van der Waals surface area contributed by atoms with E-state index >= 15 is 0 Å². The van der Waals surface area contributed by atoms with Gasteiger partial charge in [0.2, 0.25) is 0 Å². The molecule has 2 bridgehead atoms. The highest BCUT2D eigenvalue weighted by molar-refractivity contribution is 7.99. The first-order valence-corrected chi connectivity index (χ1v) is 8.94. The van der Waals surface area contributed by atoms with Gasteiger partial charge in [-0.25, -0.2) is 0 Å². The van der Waals surface area contributed by atoms with Crippen LogP contribution in [0.5, 0.6) is 0 Å². The molecule has 1 nitrogen and oxygen atoms in total. The van der Waals surface area contributed by atoms with Gasteiger partial charge in [0.15, 0.2) is 0 Å². The van der Waals surface area contributed by atoms with Crippen molar-refractivity contribution in [2.45, 2.75) is 57.9 Å². The molecule has 3 rings (SSSR count). The van der Waals surface area contributed by atoms with E-state index < -0.39 is 0 Å². The zero-order valence-corrected chi connectivity index (χ0v) is 14.0. The van der Waals surface area contributed by atoms with Crippen molar-refractivity contribution < 1.29 is 0 Å². The molecule has 3 atom stereocenters. The largest absolute Gasteiger partial charge is 0.380 e. The fourth-order valence-electron chi connectivity index (χ4n) is 4.69. The van der Waals surface area contributed by atoms with Crippen molar-refractivity contribution in [3.63, 3.8) is 0 Å². The standard InChI is InChI=1S/C18H27NS/c1-5-20-15-9-7-6-8-14(15)19-16-17(2,3)13-10-11-18(16,4)12-13/h6-9,13,16,19H,5,10-12H2,1-4H3/t13-,16?,18+/m0/s1. The number of fused-ring (bicyclic) bond motifs is 2. The van der Waals surface area contributed by atoms with E-state index in [1.54, 1.807) is 0 Å². The van der Waals surface area contributed by atoms with Gasteiger partial charge in [-0.3, -0.25) is 0 Å². The molecule has 2 saturated carbocycles. The number of rotatable bonds is 4. The Labute approximate surface area is 127 Å². The maximum Gasteiger partial charge on any atom is 0.0480 e. The zero-order chi connectivity index (χ0) is 14.4. The first kappa shape index (κ1) is 14.3. The normalized spacial score (nSPS) is 34.4. The number of nitrogens with one attached hydrogen (secondary N) is 1. The van der Waals surface area contributed by atoms with E-state index in [0.717, 1.165) is 11.7 Å². The number of hydrogen-bond acceptors (Lipinski definition) is 2. The minimum absolute atomic E-state index is 0.414. The maximum atomic E-state index is 3.94. The molecule has 0 spiro atoms. The van der Waals surface area contributed by atoms with Gasteiger partial charge in [-0.05, 0) is 53.9 Å². The number of thioether (sulfide) groups is 1. The lowest BCUT2D eigenvalue weighted by Gasteiger charge is -2.44. The molecule has 0 aliphatic heterocycles. The Morgan fingerprint density at radius 2 is 2.00 bits per heavy atom. The molecule has 0 heterocycles. The summed E-state index contributed by atoms with van der Waals surface area (Å²) in [6, 6.07) is 9.41. The molecule has 110 valence electrons. The molecule has 2 aliphatic rings. The molecule has 1 aromatic rings. The third-order valence-corrected chi connectivity index (χ3v) is 6.71. The Morgan fingerprint density at radius 1 is 1.25 bits per heavy atom. The molecule has 1 N–H and O–H groups in total. The summed E-state index contributed by atoms with van der Waals surface area (Å²) in [5.74, 6) is 2.03. The van der Waals surface area contributed by atoms with Crippen molar-refractivity contribution >= 4 is 17.4 Å². The Balaban J connectivity index is 1.88. The molecule has 2 heteroatoms. The highest BCUT2D eigenvalue weighted by Crippen LogP contribution is 2.63. The Hall–Kier alpha value is -0.630. The monoisotopic (exact) mass is 289 g/mol. The van der Waals surface area contributed by atoms with Crippen LogP contribution in [0, 0.1) is 16.7 Å². The van der Waals surface area contributed by atoms with Crippen LogP contribution in [0.1, 0.15) is 47.0 Å². The maximum absolute atomic E-state index is 3.94. The van der Waals surface area contributed by atoms with Crippen LogP contribution in [0.4, 0.5) is 5.69 Å². The van der Waals surface area contributed by atoms with E-state index in [2.05, 4.69) is 57.3 Å². The van der Waals surface area contributed by atoms with E-state index in [-0.39, 0.29) is 0 Å². The summed E-state index contributed by atoms with van der Waals surface area (Å²) in [5, 5.41) is 3.94. The summed E-state index contributed by atoms with van der Waals surface area (Å²) >= 11 is 1.94. The fraction of sp³-hybridized carbons (Fsp3) is 0.667. The molecule has 2 aliphatic carbocycles. The van der Waals surface area contributed by atoms with Gasteiger partial charge in [0.1, 0.15) is 0 Å². The highest BCUT2D eigenvalue weighted by Gasteiger charge is 2.59. The van der Waals surface area contributed by atoms with Crippen LogP contribution >= 0.6 is 11.8 Å². The fourth-order valence-corrected chi connectivity index (χ4v) is 5.45. The molecule has 2 fully saturated rings. The second kappa shape index (κ2) is 4.98. The van der Waals surface area contributed by atoms with E-state index in [9.17, 15) is 0 Å². The number of hydrogen-bond donors (Lipinski definition) is 1. The van der Waals surface area contributed by atoms with Gasteiger partial charge in [0.25, 0.3) is 0 Å². The third-order valence-electron chi connectivity index (χ3n) is 5.76. The summed E-state index contributed by atoms with van der Waals surface area (Å²) in [4.78, 5) is 1.40. The SMILES string of the molecule is CCSc1ccccc1NC1C(C)(C)[C@H]2CC[C@]1(C)C2. The quantitative estimate of drug-likeness (QED) is 0.742. The van der Waals surface area contributed by atoms with Gasteiger partial charge >= 0.3 is 0 Å². The van der Waals surface area contributed by atoms with Crippen LogP contribution in [-0.2, 0) is 0 Å². The van der Waals surface area contributed by atoms with Gasteiger partial charge in [0, 0.05) is 16.6 Å². The second-order valence-corrected chi connectivity index (χ2v) is 8.73. The lowest BCUT2D eigenvalue weighted by atomic mass is 9.68. The van der Waals surface area contributed by atoms with E-state index in [0.29, 0.717) is 16.9 Å². The average molecular weight is 289 g/mol. The van der Waals surface area contributed by atoms with E-state index in [1.807, 2.05) is 11.8 Å². The molecule has 0 aromatic heterocycles. The van der Waals surface area contributed by atoms with Gasteiger partial charge in [-0.2, -0.15) is 0 Å². The second-order valence-electron chi connectivity index (χ2n) is 7.42. The molecule has 0 amide bonds. The first-order valence-electron chi connectivity index (χ1n) is 7.96. The average Bonchev–Trinajstić information content (AvgIpc) is 2.88. The first-order chi connectivity index (χ1) is 9.47. The summed E-state index contributed by atoms with van der Waals surface area (Å²) in [6.07, 6.45) is 4.22. The van der Waals surface area contributed by atoms with Gasteiger partial charge in [0.05, 0.1) is 0 Å². The van der Waals surface area contributed by atoms with Crippen molar-refractivity contribution in [2.75, 3.05) is 11.1 Å². The molecule has 1 aromatic carbocycles. The molecular formula is C18H27NS. The van der Waals surface area contributed by atoms with Crippen LogP contribution < -0.4 is 5.32 Å². The minimum atomic E-state index is 0.414. The van der Waals surface area contributed by atoms with Gasteiger partial charge in [-0.1, -0.05) is 39.8 Å². The smallest absolute Gasteiger partial charge is 0.0480 e. The minimum Gasteiger partial charge on any atom is -0.380 e. The van der Waals surface area contributed by atoms with Gasteiger partial charge in [-0.15, -0.1) is 11.8 Å². The van der Waals surface area contributed by atoms with Crippen LogP contribution in [0.2, 0.25) is 0 Å². The summed E-state index contributed by atoms with van der Waals surface area (Å²) in [5.41, 5.74) is 2.24. The Morgan fingerprint density at radius 3 is 2.65 bits per heavy atom. The highest BCUT2D eigenvalue weighted by atomic mass is 32.2. The molecular weight excluding hydrogens is 262 g/mol. The predicted octanol–water partition coefficient (Wildman–Crippen LogP) is 5.43. The summed E-state index contributed by atoms with van der Waals surface area (Å²) < 4.78 is 0. The number of para-hydroxylation sites is 1. The van der Waals surface area contributed by atoms with Crippen molar-refractivity contribution in [3.8, 4) is 0 Å². The molecule has 0 radical (unpaired) electrons. The summed E-state index contributed by atoms with van der Waals surface area (Å²) in [6.45, 7) is 9.66. The number of benzene rings is 1. The predicted molar refractivity (Wildman–Crippen MR) is 89.5 cm³/mol. The number of anilines is 1. The molecule has 0 saturated heterocycles. The lowest BCUT2D eigenvalue weighted by Crippen LogP contribution is -2.45. The Kier molecular flexibility index (Phi) is 3.56. The summed E-state index contributed by atoms with van der Waals surface area (Å²) in [7, 11) is 0. The zero-order valence-electron chi connectivity index (χ0n) is 13.2. The molecule has 20 heavy (non-hydrogen) atoms. The van der Waals surface area contributed by atoms with Crippen molar-refractivity contribution in [2.24, 2.45) is 16.7 Å². The van der Waals surface area contributed by atoms with Gasteiger partial charge < -0.3 is 5.32 Å². The topological polar surface area (TPSA) is 12.0 Å². The van der Waals surface area contributed by atoms with E-state index in [4.69, 9.17) is 0 Å². The molecule has 1 unspecified atom stereocenters.